The normalized spacial score (nSPS) is 18.3. The summed E-state index contributed by atoms with van der Waals surface area (Å²) in [5, 5.41) is 10.3. The van der Waals surface area contributed by atoms with Crippen molar-refractivity contribution >= 4 is 34.5 Å². The number of thiocarbonyl (C=S) groups is 1. The molecule has 0 unspecified atom stereocenters. The Bertz CT molecular complexity index is 996. The highest BCUT2D eigenvalue weighted by Crippen LogP contribution is 2.36. The molecule has 1 heterocycles. The molecule has 0 radical (unpaired) electrons. The Kier molecular flexibility index (Phi) is 6.37. The van der Waals surface area contributed by atoms with Crippen LogP contribution in [0.1, 0.15) is 51.5 Å². The molecule has 5 nitrogen and oxygen atoms in total. The summed E-state index contributed by atoms with van der Waals surface area (Å²) < 4.78 is 0. The summed E-state index contributed by atoms with van der Waals surface area (Å²) in [6, 6.07) is 14.4. The molecular formula is C25H30N4OS. The van der Waals surface area contributed by atoms with Crippen LogP contribution in [0.25, 0.3) is 0 Å². The molecule has 4 rings (SSSR count). The van der Waals surface area contributed by atoms with Crippen molar-refractivity contribution in [3.63, 3.8) is 0 Å². The molecular weight excluding hydrogens is 404 g/mol. The van der Waals surface area contributed by atoms with Crippen LogP contribution in [0.5, 0.6) is 0 Å². The zero-order valence-electron chi connectivity index (χ0n) is 18.2. The third kappa shape index (κ3) is 5.50. The van der Waals surface area contributed by atoms with Crippen LogP contribution in [0.3, 0.4) is 0 Å². The summed E-state index contributed by atoms with van der Waals surface area (Å²) in [4.78, 5) is 18.0. The molecule has 3 N–H and O–H groups in total. The number of hydrogen-bond acceptors (Lipinski definition) is 5. The van der Waals surface area contributed by atoms with Gasteiger partial charge in [0.05, 0.1) is 5.57 Å². The van der Waals surface area contributed by atoms with Crippen molar-refractivity contribution in [3.05, 3.63) is 65.5 Å². The van der Waals surface area contributed by atoms with E-state index in [1.165, 1.54) is 19.3 Å². The number of nitrogens with one attached hydrogen (secondary N) is 3. The van der Waals surface area contributed by atoms with Crippen LogP contribution < -0.4 is 16.0 Å². The highest BCUT2D eigenvalue weighted by molar-refractivity contribution is 7.81. The van der Waals surface area contributed by atoms with Crippen LogP contribution in [-0.4, -0.2) is 21.8 Å². The van der Waals surface area contributed by atoms with Gasteiger partial charge in [0, 0.05) is 36.6 Å². The van der Waals surface area contributed by atoms with Crippen molar-refractivity contribution in [1.82, 2.24) is 10.3 Å². The van der Waals surface area contributed by atoms with Gasteiger partial charge in [-0.25, -0.2) is 4.98 Å². The molecule has 0 atom stereocenters. The minimum absolute atomic E-state index is 0.0919. The lowest BCUT2D eigenvalue weighted by Gasteiger charge is -2.33. The minimum Gasteiger partial charge on any atom is -0.384 e. The second-order valence-electron chi connectivity index (χ2n) is 9.29. The van der Waals surface area contributed by atoms with Gasteiger partial charge in [-0.15, -0.1) is 0 Å². The molecule has 0 bridgehead atoms. The van der Waals surface area contributed by atoms with Gasteiger partial charge in [-0.3, -0.25) is 4.79 Å². The number of nitrogens with zero attached hydrogens (tertiary/aromatic N) is 1. The standard InChI is InChI=1S/C25H30N4OS/c1-25(2)14-20(23(21(30)15-25)24(31)29-19-7-4-3-5-8-19)27-16-17-11-12-26-22(13-17)28-18-9-6-10-18/h3-5,7-8,11-13,18,27H,6,9-10,14-16H2,1-2H3,(H,26,28)(H,29,31). The molecule has 0 aliphatic heterocycles. The first kappa shape index (κ1) is 21.5. The number of benzene rings is 1. The fourth-order valence-electron chi connectivity index (χ4n) is 4.08. The van der Waals surface area contributed by atoms with Crippen molar-refractivity contribution in [2.45, 2.75) is 58.5 Å². The number of aromatic nitrogens is 1. The van der Waals surface area contributed by atoms with Crippen LogP contribution in [0.15, 0.2) is 59.9 Å². The largest absolute Gasteiger partial charge is 0.384 e. The van der Waals surface area contributed by atoms with Gasteiger partial charge in [0.25, 0.3) is 0 Å². The second kappa shape index (κ2) is 9.18. The van der Waals surface area contributed by atoms with Gasteiger partial charge in [0.2, 0.25) is 0 Å². The smallest absolute Gasteiger partial charge is 0.168 e. The predicted molar refractivity (Wildman–Crippen MR) is 130 cm³/mol. The summed E-state index contributed by atoms with van der Waals surface area (Å²) in [7, 11) is 0. The third-order valence-electron chi connectivity index (χ3n) is 5.92. The van der Waals surface area contributed by atoms with Crippen molar-refractivity contribution in [2.75, 3.05) is 10.6 Å². The van der Waals surface area contributed by atoms with Gasteiger partial charge in [0.1, 0.15) is 10.8 Å². The number of rotatable bonds is 7. The Hall–Kier alpha value is -2.73. The fraction of sp³-hybridized carbons (Fsp3) is 0.400. The molecule has 1 aromatic carbocycles. The second-order valence-corrected chi connectivity index (χ2v) is 9.70. The zero-order chi connectivity index (χ0) is 21.8. The topological polar surface area (TPSA) is 66.0 Å². The summed E-state index contributed by atoms with van der Waals surface area (Å²) in [5.41, 5.74) is 3.44. The van der Waals surface area contributed by atoms with E-state index in [0.717, 1.165) is 29.2 Å². The Morgan fingerprint density at radius 2 is 1.94 bits per heavy atom. The lowest BCUT2D eigenvalue weighted by atomic mass is 9.75. The Labute approximate surface area is 189 Å². The Morgan fingerprint density at radius 3 is 2.65 bits per heavy atom. The maximum atomic E-state index is 13.0. The summed E-state index contributed by atoms with van der Waals surface area (Å²) in [6.07, 6.45) is 6.83. The molecule has 6 heteroatoms. The summed E-state index contributed by atoms with van der Waals surface area (Å²) >= 11 is 5.65. The first-order valence-corrected chi connectivity index (χ1v) is 11.4. The molecule has 162 valence electrons. The van der Waals surface area contributed by atoms with E-state index in [-0.39, 0.29) is 11.2 Å². The number of anilines is 2. The monoisotopic (exact) mass is 434 g/mol. The highest BCUT2D eigenvalue weighted by atomic mass is 32.1. The van der Waals surface area contributed by atoms with Crippen LogP contribution in [0, 0.1) is 5.41 Å². The van der Waals surface area contributed by atoms with E-state index >= 15 is 0 Å². The number of hydrogen-bond donors (Lipinski definition) is 3. The van der Waals surface area contributed by atoms with Gasteiger partial charge in [-0.2, -0.15) is 0 Å². The number of carbonyl (C=O) groups excluding carboxylic acids is 1. The molecule has 0 saturated heterocycles. The van der Waals surface area contributed by atoms with Crippen molar-refractivity contribution in [3.8, 4) is 0 Å². The number of pyridine rings is 1. The average molecular weight is 435 g/mol. The lowest BCUT2D eigenvalue weighted by Crippen LogP contribution is -2.35. The first-order chi connectivity index (χ1) is 14.9. The number of Topliss-reactive ketones (excluding diaryl/α,β-unsaturated/α-hetero) is 1. The SMILES string of the molecule is CC1(C)CC(=O)C(C(=S)Nc2ccccc2)=C(NCc2ccnc(NC3CCC3)c2)C1. The Balaban J connectivity index is 1.52. The lowest BCUT2D eigenvalue weighted by molar-refractivity contribution is -0.117. The van der Waals surface area contributed by atoms with Gasteiger partial charge in [0.15, 0.2) is 5.78 Å². The van der Waals surface area contributed by atoms with Crippen molar-refractivity contribution < 1.29 is 4.79 Å². The molecule has 31 heavy (non-hydrogen) atoms. The Morgan fingerprint density at radius 1 is 1.16 bits per heavy atom. The molecule has 0 amide bonds. The van der Waals surface area contributed by atoms with E-state index < -0.39 is 0 Å². The van der Waals surface area contributed by atoms with E-state index in [9.17, 15) is 4.79 Å². The van der Waals surface area contributed by atoms with Crippen LogP contribution in [0.2, 0.25) is 0 Å². The van der Waals surface area contributed by atoms with Gasteiger partial charge >= 0.3 is 0 Å². The molecule has 2 aliphatic rings. The zero-order valence-corrected chi connectivity index (χ0v) is 19.0. The number of carbonyl (C=O) groups is 1. The van der Waals surface area contributed by atoms with E-state index in [1.807, 2.05) is 42.6 Å². The molecule has 2 aromatic rings. The molecule has 1 fully saturated rings. The van der Waals surface area contributed by atoms with E-state index in [0.29, 0.717) is 29.6 Å². The summed E-state index contributed by atoms with van der Waals surface area (Å²) in [5.74, 6) is 1.01. The number of allylic oxidation sites excluding steroid dienone is 1. The van der Waals surface area contributed by atoms with E-state index in [2.05, 4.69) is 40.8 Å². The molecule has 1 saturated carbocycles. The maximum absolute atomic E-state index is 13.0. The van der Waals surface area contributed by atoms with Crippen molar-refractivity contribution in [2.24, 2.45) is 5.41 Å². The van der Waals surface area contributed by atoms with Crippen LogP contribution in [-0.2, 0) is 11.3 Å². The van der Waals surface area contributed by atoms with E-state index in [4.69, 9.17) is 12.2 Å². The summed E-state index contributed by atoms with van der Waals surface area (Å²) in [6.45, 7) is 4.88. The average Bonchev–Trinajstić information content (AvgIpc) is 2.69. The van der Waals surface area contributed by atoms with Crippen LogP contribution >= 0.6 is 12.2 Å². The van der Waals surface area contributed by atoms with Gasteiger partial charge in [-0.1, -0.05) is 44.3 Å². The number of ketones is 1. The quantitative estimate of drug-likeness (QED) is 0.519. The van der Waals surface area contributed by atoms with Gasteiger partial charge in [-0.05, 0) is 60.9 Å². The molecule has 0 spiro atoms. The third-order valence-corrected chi connectivity index (χ3v) is 6.23. The maximum Gasteiger partial charge on any atom is 0.168 e. The first-order valence-electron chi connectivity index (χ1n) is 11.0. The van der Waals surface area contributed by atoms with Crippen molar-refractivity contribution in [1.29, 1.82) is 0 Å². The molecule has 1 aromatic heterocycles. The van der Waals surface area contributed by atoms with Gasteiger partial charge < -0.3 is 16.0 Å². The minimum atomic E-state index is -0.0968. The van der Waals surface area contributed by atoms with Crippen LogP contribution in [0.4, 0.5) is 11.5 Å². The number of para-hydroxylation sites is 1. The van der Waals surface area contributed by atoms with E-state index in [1.54, 1.807) is 0 Å². The molecule has 2 aliphatic carbocycles. The predicted octanol–water partition coefficient (Wildman–Crippen LogP) is 5.22. The fourth-order valence-corrected chi connectivity index (χ4v) is 4.44. The highest BCUT2D eigenvalue weighted by Gasteiger charge is 2.34.